The zero-order valence-corrected chi connectivity index (χ0v) is 15.3. The lowest BCUT2D eigenvalue weighted by atomic mass is 9.95. The van der Waals surface area contributed by atoms with Crippen molar-refractivity contribution in [2.24, 2.45) is 0 Å². The maximum atomic E-state index is 3.73. The Morgan fingerprint density at radius 3 is 2.55 bits per heavy atom. The van der Waals surface area contributed by atoms with Gasteiger partial charge in [-0.1, -0.05) is 56.9 Å². The smallest absolute Gasteiger partial charge is 0.0536 e. The second-order valence-corrected chi connectivity index (χ2v) is 7.30. The van der Waals surface area contributed by atoms with Crippen LogP contribution >= 0.6 is 31.9 Å². The van der Waals surface area contributed by atoms with Crippen molar-refractivity contribution in [1.29, 1.82) is 0 Å². The molecular formula is C17H23Br2N. The third kappa shape index (κ3) is 4.71. The van der Waals surface area contributed by atoms with Gasteiger partial charge in [0.1, 0.15) is 0 Å². The summed E-state index contributed by atoms with van der Waals surface area (Å²) in [4.78, 5) is 0. The fourth-order valence-electron chi connectivity index (χ4n) is 2.80. The highest BCUT2D eigenvalue weighted by Crippen LogP contribution is 2.32. The molecule has 1 aromatic rings. The molecule has 1 unspecified atom stereocenters. The quantitative estimate of drug-likeness (QED) is 0.585. The van der Waals surface area contributed by atoms with Crippen LogP contribution in [0, 0.1) is 0 Å². The van der Waals surface area contributed by atoms with Crippen molar-refractivity contribution >= 4 is 31.9 Å². The SMILES string of the molecule is CCCNC(C1=CCCCCC1)c1cc(Br)cc(Br)c1. The van der Waals surface area contributed by atoms with E-state index in [2.05, 4.69) is 68.4 Å². The Balaban J connectivity index is 2.27. The molecule has 0 saturated carbocycles. The summed E-state index contributed by atoms with van der Waals surface area (Å²) in [5.41, 5.74) is 2.92. The van der Waals surface area contributed by atoms with Crippen molar-refractivity contribution in [3.8, 4) is 0 Å². The fourth-order valence-corrected chi connectivity index (χ4v) is 4.12. The van der Waals surface area contributed by atoms with Crippen molar-refractivity contribution in [1.82, 2.24) is 5.32 Å². The van der Waals surface area contributed by atoms with Gasteiger partial charge in [-0.2, -0.15) is 0 Å². The van der Waals surface area contributed by atoms with Crippen LogP contribution in [-0.4, -0.2) is 6.54 Å². The van der Waals surface area contributed by atoms with E-state index in [0.29, 0.717) is 6.04 Å². The van der Waals surface area contributed by atoms with E-state index >= 15 is 0 Å². The summed E-state index contributed by atoms with van der Waals surface area (Å²) in [5, 5.41) is 3.73. The van der Waals surface area contributed by atoms with Gasteiger partial charge in [0.05, 0.1) is 6.04 Å². The minimum Gasteiger partial charge on any atom is -0.307 e. The molecule has 0 saturated heterocycles. The van der Waals surface area contributed by atoms with E-state index in [-0.39, 0.29) is 0 Å². The van der Waals surface area contributed by atoms with Gasteiger partial charge in [-0.3, -0.25) is 0 Å². The van der Waals surface area contributed by atoms with Crippen LogP contribution in [0.3, 0.4) is 0 Å². The number of benzene rings is 1. The van der Waals surface area contributed by atoms with E-state index < -0.39 is 0 Å². The second-order valence-electron chi connectivity index (χ2n) is 5.47. The van der Waals surface area contributed by atoms with Gasteiger partial charge in [-0.05, 0) is 62.4 Å². The molecule has 1 N–H and O–H groups in total. The molecule has 3 heteroatoms. The Morgan fingerprint density at radius 1 is 1.10 bits per heavy atom. The third-order valence-corrected chi connectivity index (χ3v) is 4.68. The number of nitrogens with one attached hydrogen (secondary N) is 1. The number of rotatable bonds is 5. The minimum absolute atomic E-state index is 0.363. The van der Waals surface area contributed by atoms with Crippen molar-refractivity contribution in [2.75, 3.05) is 6.54 Å². The largest absolute Gasteiger partial charge is 0.307 e. The molecule has 0 bridgehead atoms. The molecular weight excluding hydrogens is 378 g/mol. The highest BCUT2D eigenvalue weighted by Gasteiger charge is 2.17. The van der Waals surface area contributed by atoms with Crippen LogP contribution in [0.1, 0.15) is 57.1 Å². The highest BCUT2D eigenvalue weighted by molar-refractivity contribution is 9.11. The zero-order chi connectivity index (χ0) is 14.4. The van der Waals surface area contributed by atoms with Crippen LogP contribution in [0.15, 0.2) is 38.8 Å². The Morgan fingerprint density at radius 2 is 1.85 bits per heavy atom. The molecule has 0 aromatic heterocycles. The summed E-state index contributed by atoms with van der Waals surface area (Å²) in [5.74, 6) is 0. The molecule has 0 amide bonds. The molecule has 1 aliphatic rings. The van der Waals surface area contributed by atoms with Gasteiger partial charge in [0.15, 0.2) is 0 Å². The zero-order valence-electron chi connectivity index (χ0n) is 12.1. The van der Waals surface area contributed by atoms with Gasteiger partial charge in [-0.15, -0.1) is 0 Å². The Kier molecular flexibility index (Phi) is 6.79. The molecule has 1 atom stereocenters. The molecule has 0 heterocycles. The third-order valence-electron chi connectivity index (χ3n) is 3.76. The average molecular weight is 401 g/mol. The monoisotopic (exact) mass is 399 g/mol. The molecule has 0 fully saturated rings. The summed E-state index contributed by atoms with van der Waals surface area (Å²) in [7, 11) is 0. The van der Waals surface area contributed by atoms with Crippen LogP contribution in [-0.2, 0) is 0 Å². The van der Waals surface area contributed by atoms with Gasteiger partial charge in [-0.25, -0.2) is 0 Å². The van der Waals surface area contributed by atoms with Crippen LogP contribution in [0.5, 0.6) is 0 Å². The second kappa shape index (κ2) is 8.35. The van der Waals surface area contributed by atoms with Crippen molar-refractivity contribution in [3.63, 3.8) is 0 Å². The first kappa shape index (κ1) is 16.3. The minimum atomic E-state index is 0.363. The molecule has 1 aliphatic carbocycles. The van der Waals surface area contributed by atoms with Gasteiger partial charge in [0.2, 0.25) is 0 Å². The molecule has 110 valence electrons. The van der Waals surface area contributed by atoms with E-state index in [4.69, 9.17) is 0 Å². The van der Waals surface area contributed by atoms with E-state index in [1.54, 1.807) is 5.57 Å². The van der Waals surface area contributed by atoms with Gasteiger partial charge >= 0.3 is 0 Å². The predicted molar refractivity (Wildman–Crippen MR) is 94.0 cm³/mol. The summed E-state index contributed by atoms with van der Waals surface area (Å²) >= 11 is 7.22. The molecule has 0 spiro atoms. The number of allylic oxidation sites excluding steroid dienone is 1. The Hall–Kier alpha value is -0.120. The fraction of sp³-hybridized carbons (Fsp3) is 0.529. The molecule has 0 aliphatic heterocycles. The normalized spacial score (nSPS) is 17.4. The first-order chi connectivity index (χ1) is 9.70. The van der Waals surface area contributed by atoms with E-state index in [1.807, 2.05) is 0 Å². The summed E-state index contributed by atoms with van der Waals surface area (Å²) < 4.78 is 2.28. The van der Waals surface area contributed by atoms with E-state index in [9.17, 15) is 0 Å². The van der Waals surface area contributed by atoms with Crippen LogP contribution < -0.4 is 5.32 Å². The molecule has 1 nitrogen and oxygen atoms in total. The predicted octanol–water partition coefficient (Wildman–Crippen LogP) is 6.14. The lowest BCUT2D eigenvalue weighted by Gasteiger charge is -2.23. The van der Waals surface area contributed by atoms with Crippen LogP contribution in [0.25, 0.3) is 0 Å². The standard InChI is InChI=1S/C17H23Br2N/c1-2-9-20-17(13-7-5-3-4-6-8-13)14-10-15(18)12-16(19)11-14/h7,10-12,17,20H,2-6,8-9H2,1H3. The maximum Gasteiger partial charge on any atom is 0.0536 e. The number of halogens is 2. The molecule has 20 heavy (non-hydrogen) atoms. The molecule has 1 aromatic carbocycles. The Labute approximate surface area is 139 Å². The number of hydrogen-bond donors (Lipinski definition) is 1. The number of hydrogen-bond acceptors (Lipinski definition) is 1. The van der Waals surface area contributed by atoms with Crippen molar-refractivity contribution in [2.45, 2.75) is 51.5 Å². The first-order valence-electron chi connectivity index (χ1n) is 7.59. The Bertz CT molecular complexity index is 448. The average Bonchev–Trinajstić information content (AvgIpc) is 2.67. The van der Waals surface area contributed by atoms with Gasteiger partial charge in [0, 0.05) is 8.95 Å². The van der Waals surface area contributed by atoms with Crippen molar-refractivity contribution in [3.05, 3.63) is 44.4 Å². The summed E-state index contributed by atoms with van der Waals surface area (Å²) in [6, 6.07) is 6.94. The molecule has 2 rings (SSSR count). The maximum absolute atomic E-state index is 3.73. The summed E-state index contributed by atoms with van der Waals surface area (Å²) in [6.45, 7) is 3.29. The first-order valence-corrected chi connectivity index (χ1v) is 9.17. The lowest BCUT2D eigenvalue weighted by Crippen LogP contribution is -2.24. The topological polar surface area (TPSA) is 12.0 Å². The van der Waals surface area contributed by atoms with Gasteiger partial charge in [0.25, 0.3) is 0 Å². The van der Waals surface area contributed by atoms with Crippen molar-refractivity contribution < 1.29 is 0 Å². The van der Waals surface area contributed by atoms with E-state index in [1.165, 1.54) is 44.1 Å². The lowest BCUT2D eigenvalue weighted by molar-refractivity contribution is 0.566. The van der Waals surface area contributed by atoms with Gasteiger partial charge < -0.3 is 5.32 Å². The summed E-state index contributed by atoms with van der Waals surface area (Å²) in [6.07, 6.45) is 10.1. The van der Waals surface area contributed by atoms with Crippen LogP contribution in [0.2, 0.25) is 0 Å². The molecule has 0 radical (unpaired) electrons. The van der Waals surface area contributed by atoms with Crippen LogP contribution in [0.4, 0.5) is 0 Å². The van der Waals surface area contributed by atoms with E-state index in [0.717, 1.165) is 15.5 Å². The highest BCUT2D eigenvalue weighted by atomic mass is 79.9.